The Kier molecular flexibility index (Phi) is 3.11. The third-order valence-electron chi connectivity index (χ3n) is 2.93. The number of aryl methyl sites for hydroxylation is 1. The van der Waals surface area contributed by atoms with Crippen molar-refractivity contribution in [3.63, 3.8) is 0 Å². The molecule has 0 aliphatic carbocycles. The van der Waals surface area contributed by atoms with Gasteiger partial charge in [-0.3, -0.25) is 9.48 Å². The molecule has 2 rings (SSSR count). The summed E-state index contributed by atoms with van der Waals surface area (Å²) < 4.78 is 1.67. The molecule has 0 bridgehead atoms. The predicted molar refractivity (Wildman–Crippen MR) is 55.3 cm³/mol. The van der Waals surface area contributed by atoms with Gasteiger partial charge in [-0.1, -0.05) is 0 Å². The van der Waals surface area contributed by atoms with E-state index in [1.807, 2.05) is 7.05 Å². The summed E-state index contributed by atoms with van der Waals surface area (Å²) in [6.45, 7) is 1.91. The zero-order valence-electron chi connectivity index (χ0n) is 8.94. The number of nitrogens with zero attached hydrogens (tertiary/aromatic N) is 3. The molecule has 1 aromatic rings. The van der Waals surface area contributed by atoms with Gasteiger partial charge >= 0.3 is 0 Å². The second kappa shape index (κ2) is 4.53. The Morgan fingerprint density at radius 1 is 1.60 bits per heavy atom. The van der Waals surface area contributed by atoms with Crippen LogP contribution >= 0.6 is 0 Å². The molecule has 5 heteroatoms. The van der Waals surface area contributed by atoms with Gasteiger partial charge in [0.05, 0.1) is 6.42 Å². The quantitative estimate of drug-likeness (QED) is 0.755. The lowest BCUT2D eigenvalue weighted by atomic mass is 9.92. The summed E-state index contributed by atoms with van der Waals surface area (Å²) in [5.41, 5.74) is 0. The van der Waals surface area contributed by atoms with Crippen molar-refractivity contribution < 1.29 is 4.79 Å². The molecule has 0 unspecified atom stereocenters. The molecule has 0 spiro atoms. The van der Waals surface area contributed by atoms with Crippen molar-refractivity contribution in [2.45, 2.75) is 19.3 Å². The zero-order chi connectivity index (χ0) is 10.7. The molecule has 0 atom stereocenters. The van der Waals surface area contributed by atoms with Crippen molar-refractivity contribution in [3.8, 4) is 0 Å². The normalized spacial score (nSPS) is 17.9. The fraction of sp³-hybridized carbons (Fsp3) is 0.700. The molecule has 5 nitrogen and oxygen atoms in total. The van der Waals surface area contributed by atoms with Crippen molar-refractivity contribution in [1.29, 1.82) is 0 Å². The minimum absolute atomic E-state index is 0.211. The van der Waals surface area contributed by atoms with Gasteiger partial charge in [-0.25, -0.2) is 4.98 Å². The van der Waals surface area contributed by atoms with Crippen LogP contribution in [0.5, 0.6) is 0 Å². The second-order valence-electron chi connectivity index (χ2n) is 3.97. The first-order valence-corrected chi connectivity index (χ1v) is 5.33. The van der Waals surface area contributed by atoms with Gasteiger partial charge in [-0.2, -0.15) is 5.10 Å². The number of nitrogens with one attached hydrogen (secondary N) is 1. The number of hydrogen-bond donors (Lipinski definition) is 1. The molecule has 1 saturated heterocycles. The highest BCUT2D eigenvalue weighted by atomic mass is 16.1. The molecule has 82 valence electrons. The number of piperidine rings is 1. The average molecular weight is 208 g/mol. The van der Waals surface area contributed by atoms with E-state index in [2.05, 4.69) is 15.4 Å². The van der Waals surface area contributed by atoms with Gasteiger partial charge in [-0.05, 0) is 25.9 Å². The smallest absolute Gasteiger partial charge is 0.143 e. The summed E-state index contributed by atoms with van der Waals surface area (Å²) in [6.07, 6.45) is 3.82. The largest absolute Gasteiger partial charge is 0.317 e. The third kappa shape index (κ3) is 2.41. The molecule has 0 amide bonds. The SMILES string of the molecule is Cn1ncnc1CC(=O)C1CCNCC1. The van der Waals surface area contributed by atoms with Crippen molar-refractivity contribution in [1.82, 2.24) is 20.1 Å². The Morgan fingerprint density at radius 2 is 2.33 bits per heavy atom. The summed E-state index contributed by atoms with van der Waals surface area (Å²) in [7, 11) is 1.82. The Bertz CT molecular complexity index is 341. The lowest BCUT2D eigenvalue weighted by Crippen LogP contribution is -2.32. The monoisotopic (exact) mass is 208 g/mol. The maximum absolute atomic E-state index is 11.9. The van der Waals surface area contributed by atoms with Gasteiger partial charge in [0.2, 0.25) is 0 Å². The van der Waals surface area contributed by atoms with Crippen LogP contribution in [-0.4, -0.2) is 33.6 Å². The van der Waals surface area contributed by atoms with E-state index in [0.717, 1.165) is 31.8 Å². The summed E-state index contributed by atoms with van der Waals surface area (Å²) in [4.78, 5) is 16.0. The Hall–Kier alpha value is -1.23. The standard InChI is InChI=1S/C10H16N4O/c1-14-10(12-7-13-14)6-9(15)8-2-4-11-5-3-8/h7-8,11H,2-6H2,1H3. The lowest BCUT2D eigenvalue weighted by molar-refractivity contribution is -0.123. The predicted octanol–water partition coefficient (Wildman–Crippen LogP) is -0.0737. The maximum Gasteiger partial charge on any atom is 0.143 e. The number of hydrogen-bond acceptors (Lipinski definition) is 4. The molecule has 0 saturated carbocycles. The van der Waals surface area contributed by atoms with Crippen LogP contribution in [0.3, 0.4) is 0 Å². The van der Waals surface area contributed by atoms with E-state index in [9.17, 15) is 4.79 Å². The van der Waals surface area contributed by atoms with Crippen LogP contribution in [0.1, 0.15) is 18.7 Å². The number of carbonyl (C=O) groups is 1. The molecule has 1 aliphatic heterocycles. The molecule has 1 aliphatic rings. The molecule has 2 heterocycles. The van der Waals surface area contributed by atoms with Crippen LogP contribution in [-0.2, 0) is 18.3 Å². The van der Waals surface area contributed by atoms with Crippen LogP contribution in [0, 0.1) is 5.92 Å². The van der Waals surface area contributed by atoms with Gasteiger partial charge in [-0.15, -0.1) is 0 Å². The van der Waals surface area contributed by atoms with Crippen molar-refractivity contribution in [2.75, 3.05) is 13.1 Å². The first-order chi connectivity index (χ1) is 7.27. The minimum Gasteiger partial charge on any atom is -0.317 e. The lowest BCUT2D eigenvalue weighted by Gasteiger charge is -2.20. The van der Waals surface area contributed by atoms with Crippen LogP contribution in [0.4, 0.5) is 0 Å². The number of rotatable bonds is 3. The second-order valence-corrected chi connectivity index (χ2v) is 3.97. The van der Waals surface area contributed by atoms with Gasteiger partial charge in [0.1, 0.15) is 17.9 Å². The number of ketones is 1. The first kappa shape index (κ1) is 10.3. The highest BCUT2D eigenvalue weighted by Gasteiger charge is 2.21. The Morgan fingerprint density at radius 3 is 2.93 bits per heavy atom. The van der Waals surface area contributed by atoms with E-state index >= 15 is 0 Å². The molecule has 0 radical (unpaired) electrons. The molecule has 0 aromatic carbocycles. The zero-order valence-corrected chi connectivity index (χ0v) is 8.94. The number of aromatic nitrogens is 3. The Balaban J connectivity index is 1.94. The van der Waals surface area contributed by atoms with Crippen molar-refractivity contribution >= 4 is 5.78 Å². The van der Waals surface area contributed by atoms with Crippen molar-refractivity contribution in [3.05, 3.63) is 12.2 Å². The van der Waals surface area contributed by atoms with Crippen LogP contribution in [0.25, 0.3) is 0 Å². The van der Waals surface area contributed by atoms with Gasteiger partial charge in [0.25, 0.3) is 0 Å². The highest BCUT2D eigenvalue weighted by molar-refractivity contribution is 5.82. The fourth-order valence-electron chi connectivity index (χ4n) is 1.92. The number of carbonyl (C=O) groups excluding carboxylic acids is 1. The van der Waals surface area contributed by atoms with E-state index in [1.165, 1.54) is 6.33 Å². The summed E-state index contributed by atoms with van der Waals surface area (Å²) in [6, 6.07) is 0. The third-order valence-corrected chi connectivity index (χ3v) is 2.93. The minimum atomic E-state index is 0.211. The summed E-state index contributed by atoms with van der Waals surface area (Å²) >= 11 is 0. The first-order valence-electron chi connectivity index (χ1n) is 5.33. The highest BCUT2D eigenvalue weighted by Crippen LogP contribution is 2.14. The van der Waals surface area contributed by atoms with Gasteiger partial charge in [0.15, 0.2) is 0 Å². The van der Waals surface area contributed by atoms with E-state index in [1.54, 1.807) is 4.68 Å². The van der Waals surface area contributed by atoms with Crippen LogP contribution < -0.4 is 5.32 Å². The van der Waals surface area contributed by atoms with Crippen molar-refractivity contribution in [2.24, 2.45) is 13.0 Å². The molecule has 15 heavy (non-hydrogen) atoms. The Labute approximate surface area is 88.9 Å². The summed E-state index contributed by atoms with van der Waals surface area (Å²) in [5.74, 6) is 1.27. The molecular formula is C10H16N4O. The average Bonchev–Trinajstić information content (AvgIpc) is 2.66. The van der Waals surface area contributed by atoms with E-state index in [0.29, 0.717) is 12.2 Å². The molecule has 1 fully saturated rings. The number of Topliss-reactive ketones (excluding diaryl/α,β-unsaturated/α-hetero) is 1. The van der Waals surface area contributed by atoms with Gasteiger partial charge in [0, 0.05) is 13.0 Å². The maximum atomic E-state index is 11.9. The fourth-order valence-corrected chi connectivity index (χ4v) is 1.92. The van der Waals surface area contributed by atoms with E-state index in [4.69, 9.17) is 0 Å². The summed E-state index contributed by atoms with van der Waals surface area (Å²) in [5, 5.41) is 7.21. The van der Waals surface area contributed by atoms with E-state index in [-0.39, 0.29) is 5.92 Å². The molecular weight excluding hydrogens is 192 g/mol. The van der Waals surface area contributed by atoms with Crippen LogP contribution in [0.15, 0.2) is 6.33 Å². The molecule has 1 aromatic heterocycles. The van der Waals surface area contributed by atoms with Crippen LogP contribution in [0.2, 0.25) is 0 Å². The van der Waals surface area contributed by atoms with E-state index < -0.39 is 0 Å². The topological polar surface area (TPSA) is 59.8 Å². The molecule has 1 N–H and O–H groups in total. The van der Waals surface area contributed by atoms with Gasteiger partial charge < -0.3 is 5.32 Å².